The monoisotopic (exact) mass is 478 g/mol. The minimum atomic E-state index is -0.371. The van der Waals surface area contributed by atoms with Gasteiger partial charge < -0.3 is 14.4 Å². The number of pyridine rings is 1. The van der Waals surface area contributed by atoms with Crippen LogP contribution in [0.2, 0.25) is 0 Å². The van der Waals surface area contributed by atoms with Crippen LogP contribution < -0.4 is 5.56 Å². The molecule has 1 saturated heterocycles. The van der Waals surface area contributed by atoms with Crippen molar-refractivity contribution in [3.8, 4) is 11.1 Å². The Morgan fingerprint density at radius 2 is 1.89 bits per heavy atom. The number of amides is 1. The van der Waals surface area contributed by atoms with E-state index in [0.717, 1.165) is 30.9 Å². The smallest absolute Gasteiger partial charge is 0.258 e. The number of benzene rings is 1. The molecule has 0 radical (unpaired) electrons. The second-order valence-corrected chi connectivity index (χ2v) is 9.37. The van der Waals surface area contributed by atoms with E-state index in [9.17, 15) is 14.0 Å². The summed E-state index contributed by atoms with van der Waals surface area (Å²) in [5.41, 5.74) is 2.92. The molecule has 184 valence electrons. The van der Waals surface area contributed by atoms with Gasteiger partial charge in [-0.2, -0.15) is 5.10 Å². The van der Waals surface area contributed by atoms with E-state index in [2.05, 4.69) is 15.0 Å². The lowest BCUT2D eigenvalue weighted by Crippen LogP contribution is -2.41. The maximum atomic E-state index is 14.0. The molecular formula is C26H31FN6O2. The molecule has 3 aromatic rings. The van der Waals surface area contributed by atoms with E-state index < -0.39 is 0 Å². The maximum absolute atomic E-state index is 14.0. The van der Waals surface area contributed by atoms with Gasteiger partial charge >= 0.3 is 0 Å². The highest BCUT2D eigenvalue weighted by molar-refractivity contribution is 5.76. The van der Waals surface area contributed by atoms with E-state index >= 15 is 0 Å². The lowest BCUT2D eigenvalue weighted by Gasteiger charge is -2.32. The summed E-state index contributed by atoms with van der Waals surface area (Å²) in [5, 5.41) is 4.06. The van der Waals surface area contributed by atoms with Gasteiger partial charge in [0.1, 0.15) is 18.5 Å². The Kier molecular flexibility index (Phi) is 7.03. The van der Waals surface area contributed by atoms with Crippen LogP contribution in [0.4, 0.5) is 4.39 Å². The number of aryl methyl sites for hydroxylation is 1. The number of carbonyl (C=O) groups excluding carboxylic acids is 1. The molecule has 0 bridgehead atoms. The fourth-order valence-corrected chi connectivity index (χ4v) is 5.17. The molecule has 35 heavy (non-hydrogen) atoms. The van der Waals surface area contributed by atoms with Crippen molar-refractivity contribution in [3.63, 3.8) is 0 Å². The molecule has 0 aliphatic carbocycles. The number of piperidine rings is 1. The summed E-state index contributed by atoms with van der Waals surface area (Å²) in [6, 6.07) is 8.04. The minimum Gasteiger partial charge on any atom is -0.338 e. The van der Waals surface area contributed by atoms with Gasteiger partial charge in [-0.3, -0.25) is 14.3 Å². The molecule has 5 rings (SSSR count). The zero-order valence-electron chi connectivity index (χ0n) is 19.9. The molecule has 2 aromatic heterocycles. The third-order valence-electron chi connectivity index (χ3n) is 7.07. The quantitative estimate of drug-likeness (QED) is 0.522. The first-order valence-corrected chi connectivity index (χ1v) is 12.4. The summed E-state index contributed by atoms with van der Waals surface area (Å²) in [7, 11) is 0. The molecular weight excluding hydrogens is 447 g/mol. The average Bonchev–Trinajstić information content (AvgIpc) is 3.40. The van der Waals surface area contributed by atoms with E-state index in [4.69, 9.17) is 0 Å². The fourth-order valence-electron chi connectivity index (χ4n) is 5.17. The number of rotatable bonds is 7. The topological polar surface area (TPSA) is 76.3 Å². The first kappa shape index (κ1) is 23.4. The highest BCUT2D eigenvalue weighted by atomic mass is 19.1. The standard InChI is InChI=1S/C26H31FN6O2/c27-22-6-4-5-20(15-22)23-16-21-17-31(25(34)8-12-32-19-28-18-29-32)11-7-24(21)33(26(23)35)14-13-30-9-2-1-3-10-30/h4-6,15-16,18-19H,1-3,7-14,17H2. The number of hydrogen-bond donors (Lipinski definition) is 0. The average molecular weight is 479 g/mol. The molecule has 1 fully saturated rings. The fraction of sp³-hybridized carbons (Fsp3) is 0.462. The molecule has 0 N–H and O–H groups in total. The second-order valence-electron chi connectivity index (χ2n) is 9.37. The van der Waals surface area contributed by atoms with Crippen LogP contribution in [0, 0.1) is 5.82 Å². The number of hydrogen-bond acceptors (Lipinski definition) is 5. The van der Waals surface area contributed by atoms with Crippen LogP contribution in [0.15, 0.2) is 47.8 Å². The minimum absolute atomic E-state index is 0.0459. The number of fused-ring (bicyclic) bond motifs is 1. The summed E-state index contributed by atoms with van der Waals surface area (Å²) in [6.07, 6.45) is 7.68. The van der Waals surface area contributed by atoms with Gasteiger partial charge in [-0.15, -0.1) is 0 Å². The van der Waals surface area contributed by atoms with Crippen molar-refractivity contribution in [2.45, 2.75) is 51.7 Å². The van der Waals surface area contributed by atoms with Crippen molar-refractivity contribution in [2.24, 2.45) is 0 Å². The molecule has 9 heteroatoms. The maximum Gasteiger partial charge on any atom is 0.258 e. The number of halogens is 1. The third-order valence-corrected chi connectivity index (χ3v) is 7.07. The summed E-state index contributed by atoms with van der Waals surface area (Å²) < 4.78 is 17.5. The Morgan fingerprint density at radius 3 is 2.66 bits per heavy atom. The van der Waals surface area contributed by atoms with Gasteiger partial charge in [0.2, 0.25) is 5.91 Å². The van der Waals surface area contributed by atoms with E-state index in [-0.39, 0.29) is 17.3 Å². The Hall–Kier alpha value is -3.33. The van der Waals surface area contributed by atoms with Crippen molar-refractivity contribution in [1.29, 1.82) is 0 Å². The van der Waals surface area contributed by atoms with Crippen LogP contribution in [0.5, 0.6) is 0 Å². The lowest BCUT2D eigenvalue weighted by molar-refractivity contribution is -0.132. The highest BCUT2D eigenvalue weighted by Crippen LogP contribution is 2.25. The SMILES string of the molecule is O=C(CCn1cncn1)N1CCc2c(cc(-c3cccc(F)c3)c(=O)n2CCN2CCCCC2)C1. The Labute approximate surface area is 204 Å². The lowest BCUT2D eigenvalue weighted by atomic mass is 9.98. The first-order valence-electron chi connectivity index (χ1n) is 12.4. The molecule has 2 aliphatic rings. The largest absolute Gasteiger partial charge is 0.338 e. The van der Waals surface area contributed by atoms with Gasteiger partial charge in [0.25, 0.3) is 5.56 Å². The molecule has 4 heterocycles. The number of likely N-dealkylation sites (tertiary alicyclic amines) is 1. The van der Waals surface area contributed by atoms with Crippen molar-refractivity contribution in [2.75, 3.05) is 26.2 Å². The molecule has 1 amide bonds. The molecule has 0 atom stereocenters. The molecule has 0 spiro atoms. The molecule has 2 aliphatic heterocycles. The van der Waals surface area contributed by atoms with Gasteiger partial charge in [0, 0.05) is 50.3 Å². The number of nitrogens with zero attached hydrogens (tertiary/aromatic N) is 6. The van der Waals surface area contributed by atoms with Crippen LogP contribution in [-0.4, -0.2) is 61.2 Å². The Balaban J connectivity index is 1.42. The summed E-state index contributed by atoms with van der Waals surface area (Å²) >= 11 is 0. The van der Waals surface area contributed by atoms with Crippen molar-refractivity contribution in [1.82, 2.24) is 29.1 Å². The first-order chi connectivity index (χ1) is 17.1. The predicted molar refractivity (Wildman–Crippen MR) is 130 cm³/mol. The van der Waals surface area contributed by atoms with Crippen molar-refractivity contribution in [3.05, 3.63) is 70.4 Å². The van der Waals surface area contributed by atoms with E-state index in [1.54, 1.807) is 23.1 Å². The predicted octanol–water partition coefficient (Wildman–Crippen LogP) is 2.71. The summed E-state index contributed by atoms with van der Waals surface area (Å²) in [5.74, 6) is -0.325. The van der Waals surface area contributed by atoms with Crippen LogP contribution in [0.25, 0.3) is 11.1 Å². The molecule has 8 nitrogen and oxygen atoms in total. The van der Waals surface area contributed by atoms with Gasteiger partial charge in [-0.25, -0.2) is 9.37 Å². The van der Waals surface area contributed by atoms with Crippen LogP contribution in [0.3, 0.4) is 0 Å². The number of carbonyl (C=O) groups is 1. The van der Waals surface area contributed by atoms with Gasteiger partial charge in [-0.05, 0) is 55.3 Å². The molecule has 0 saturated carbocycles. The summed E-state index contributed by atoms with van der Waals surface area (Å²) in [4.78, 5) is 34.7. The molecule has 1 aromatic carbocycles. The van der Waals surface area contributed by atoms with E-state index in [1.165, 1.54) is 37.7 Å². The van der Waals surface area contributed by atoms with Gasteiger partial charge in [0.15, 0.2) is 0 Å². The summed E-state index contributed by atoms with van der Waals surface area (Å²) in [6.45, 7) is 5.04. The zero-order valence-corrected chi connectivity index (χ0v) is 19.9. The Morgan fingerprint density at radius 1 is 1.03 bits per heavy atom. The second kappa shape index (κ2) is 10.5. The van der Waals surface area contributed by atoms with Gasteiger partial charge in [-0.1, -0.05) is 18.6 Å². The normalized spacial score (nSPS) is 16.3. The van der Waals surface area contributed by atoms with Gasteiger partial charge in [0.05, 0.1) is 6.54 Å². The third kappa shape index (κ3) is 5.35. The number of aromatic nitrogens is 4. The molecule has 0 unspecified atom stereocenters. The van der Waals surface area contributed by atoms with Crippen LogP contribution in [0.1, 0.15) is 36.9 Å². The van der Waals surface area contributed by atoms with Crippen molar-refractivity contribution >= 4 is 5.91 Å². The Bertz CT molecular complexity index is 1230. The van der Waals surface area contributed by atoms with Crippen LogP contribution >= 0.6 is 0 Å². The van der Waals surface area contributed by atoms with Crippen LogP contribution in [-0.2, 0) is 30.8 Å². The highest BCUT2D eigenvalue weighted by Gasteiger charge is 2.25. The van der Waals surface area contributed by atoms with Crippen molar-refractivity contribution < 1.29 is 9.18 Å². The zero-order chi connectivity index (χ0) is 24.2. The van der Waals surface area contributed by atoms with E-state index in [1.807, 2.05) is 15.5 Å². The van der Waals surface area contributed by atoms with E-state index in [0.29, 0.717) is 50.1 Å².